The molecule has 0 aromatic heterocycles. The molecule has 34 heavy (non-hydrogen) atoms. The van der Waals surface area contributed by atoms with Crippen molar-refractivity contribution in [1.29, 1.82) is 0 Å². The van der Waals surface area contributed by atoms with Crippen molar-refractivity contribution >= 4 is 33.3 Å². The lowest BCUT2D eigenvalue weighted by molar-refractivity contribution is -0.137. The monoisotopic (exact) mass is 506 g/mol. The van der Waals surface area contributed by atoms with Gasteiger partial charge in [-0.2, -0.15) is 0 Å². The zero-order valence-electron chi connectivity index (χ0n) is 17.8. The van der Waals surface area contributed by atoms with Crippen LogP contribution in [0, 0.1) is 11.6 Å². The van der Waals surface area contributed by atoms with Gasteiger partial charge in [0.1, 0.15) is 23.4 Å². The summed E-state index contributed by atoms with van der Waals surface area (Å²) in [4.78, 5) is 12.4. The molecule has 6 nitrogen and oxygen atoms in total. The lowest BCUT2D eigenvalue weighted by Crippen LogP contribution is -2.54. The number of rotatable bonds is 6. The van der Waals surface area contributed by atoms with Gasteiger partial charge in [0.05, 0.1) is 16.6 Å². The molecule has 1 aliphatic rings. The molecule has 0 bridgehead atoms. The van der Waals surface area contributed by atoms with E-state index in [0.717, 1.165) is 22.5 Å². The van der Waals surface area contributed by atoms with Crippen molar-refractivity contribution in [3.05, 3.63) is 89.5 Å². The van der Waals surface area contributed by atoms with E-state index in [1.165, 1.54) is 24.3 Å². The highest BCUT2D eigenvalue weighted by Crippen LogP contribution is 2.32. The Morgan fingerprint density at radius 2 is 1.71 bits per heavy atom. The highest BCUT2D eigenvalue weighted by atomic mass is 35.5. The number of hydrogen-bond donors (Lipinski definition) is 1. The smallest absolute Gasteiger partial charge is 0.328 e. The van der Waals surface area contributed by atoms with Crippen LogP contribution in [0.25, 0.3) is 0 Å². The van der Waals surface area contributed by atoms with Crippen molar-refractivity contribution in [2.45, 2.75) is 29.8 Å². The van der Waals surface area contributed by atoms with Crippen LogP contribution in [-0.2, 0) is 14.8 Å². The van der Waals surface area contributed by atoms with Crippen LogP contribution in [0.1, 0.15) is 12.8 Å². The number of nitrogens with zero attached hydrogens (tertiary/aromatic N) is 1. The molecule has 2 atom stereocenters. The van der Waals surface area contributed by atoms with Gasteiger partial charge in [0.2, 0.25) is 0 Å². The fourth-order valence-electron chi connectivity index (χ4n) is 3.82. The molecule has 1 aliphatic heterocycles. The number of carbonyl (C=O) groups is 1. The molecule has 1 saturated heterocycles. The number of benzene rings is 3. The molecule has 0 radical (unpaired) electrons. The predicted molar refractivity (Wildman–Crippen MR) is 124 cm³/mol. The number of halogens is 3. The Bertz CT molecular complexity index is 1270. The van der Waals surface area contributed by atoms with E-state index in [-0.39, 0.29) is 24.3 Å². The zero-order valence-corrected chi connectivity index (χ0v) is 19.4. The van der Waals surface area contributed by atoms with E-state index >= 15 is 0 Å². The number of ether oxygens (including phenoxy) is 1. The third kappa shape index (κ3) is 5.22. The molecule has 3 aromatic carbocycles. The van der Waals surface area contributed by atoms with E-state index in [1.807, 2.05) is 0 Å². The van der Waals surface area contributed by atoms with Crippen LogP contribution >= 0.6 is 11.6 Å². The third-order valence-electron chi connectivity index (χ3n) is 5.48. The van der Waals surface area contributed by atoms with Gasteiger partial charge in [-0.1, -0.05) is 29.8 Å². The summed E-state index contributed by atoms with van der Waals surface area (Å²) in [6, 6.07) is 15.2. The van der Waals surface area contributed by atoms with Crippen LogP contribution in [0.15, 0.2) is 77.7 Å². The molecule has 10 heteroatoms. The molecular formula is C24H21ClF2N2O4S. The van der Waals surface area contributed by atoms with E-state index < -0.39 is 45.4 Å². The molecule has 3 aromatic rings. The lowest BCUT2D eigenvalue weighted by atomic mass is 10.0. The number of hydrogen-bond acceptors (Lipinski definition) is 5. The van der Waals surface area contributed by atoms with Crippen molar-refractivity contribution in [3.8, 4) is 5.75 Å². The van der Waals surface area contributed by atoms with E-state index in [9.17, 15) is 22.0 Å². The summed E-state index contributed by atoms with van der Waals surface area (Å²) in [5, 5.41) is 3.32. The van der Waals surface area contributed by atoms with Gasteiger partial charge in [-0.25, -0.2) is 22.0 Å². The molecule has 1 heterocycles. The average Bonchev–Trinajstić information content (AvgIpc) is 2.83. The SMILES string of the molecule is O=C(Oc1ccccc1)C1CCC(N(c2cc(F)ccc2F)S(=O)(=O)c2ccc(Cl)cc2)CN1. The summed E-state index contributed by atoms with van der Waals surface area (Å²) in [5.41, 5.74) is -0.410. The Morgan fingerprint density at radius 3 is 2.35 bits per heavy atom. The number of para-hydroxylation sites is 1. The highest BCUT2D eigenvalue weighted by Gasteiger charge is 2.38. The molecule has 0 amide bonds. The Hall–Kier alpha value is -3.01. The highest BCUT2D eigenvalue weighted by molar-refractivity contribution is 7.92. The van der Waals surface area contributed by atoms with Crippen molar-refractivity contribution < 1.29 is 26.7 Å². The minimum Gasteiger partial charge on any atom is -0.425 e. The number of piperidine rings is 1. The molecule has 2 unspecified atom stereocenters. The van der Waals surface area contributed by atoms with Crippen molar-refractivity contribution in [3.63, 3.8) is 0 Å². The second-order valence-electron chi connectivity index (χ2n) is 7.78. The number of esters is 1. The van der Waals surface area contributed by atoms with E-state index in [2.05, 4.69) is 5.32 Å². The van der Waals surface area contributed by atoms with Crippen LogP contribution in [-0.4, -0.2) is 33.0 Å². The van der Waals surface area contributed by atoms with Crippen molar-refractivity contribution in [2.24, 2.45) is 0 Å². The molecular weight excluding hydrogens is 486 g/mol. The summed E-state index contributed by atoms with van der Waals surface area (Å²) in [7, 11) is -4.28. The van der Waals surface area contributed by atoms with Crippen molar-refractivity contribution in [1.82, 2.24) is 5.32 Å². The third-order valence-corrected chi connectivity index (χ3v) is 7.61. The molecule has 1 fully saturated rings. The van der Waals surface area contributed by atoms with E-state index in [1.54, 1.807) is 30.3 Å². The maximum absolute atomic E-state index is 14.7. The number of carbonyl (C=O) groups excluding carboxylic acids is 1. The number of sulfonamides is 1. The Balaban J connectivity index is 1.60. The standard InChI is InChI=1S/C24H21ClF2N2O4S/c25-16-6-10-20(11-7-16)34(31,32)29(23-14-17(26)8-12-21(23)27)18-9-13-22(28-15-18)24(30)33-19-4-2-1-3-5-19/h1-8,10-12,14,18,22,28H,9,13,15H2. The first-order valence-corrected chi connectivity index (χ1v) is 12.3. The summed E-state index contributed by atoms with van der Waals surface area (Å²) >= 11 is 5.88. The van der Waals surface area contributed by atoms with Gasteiger partial charge in [-0.15, -0.1) is 0 Å². The maximum atomic E-state index is 14.7. The average molecular weight is 507 g/mol. The fraction of sp³-hybridized carbons (Fsp3) is 0.208. The first-order chi connectivity index (χ1) is 16.3. The molecule has 4 rings (SSSR count). The summed E-state index contributed by atoms with van der Waals surface area (Å²) in [5.74, 6) is -1.77. The van der Waals surface area contributed by atoms with Gasteiger partial charge < -0.3 is 10.1 Å². The topological polar surface area (TPSA) is 75.7 Å². The molecule has 0 spiro atoms. The Kier molecular flexibility index (Phi) is 7.16. The van der Waals surface area contributed by atoms with Crippen LogP contribution in [0.5, 0.6) is 5.75 Å². The van der Waals surface area contributed by atoms with Crippen LogP contribution in [0.2, 0.25) is 5.02 Å². The maximum Gasteiger partial charge on any atom is 0.328 e. The van der Waals surface area contributed by atoms with Gasteiger partial charge in [0, 0.05) is 17.6 Å². The normalized spacial score (nSPS) is 18.3. The minimum atomic E-state index is -4.28. The second kappa shape index (κ2) is 10.1. The van der Waals surface area contributed by atoms with Crippen LogP contribution < -0.4 is 14.4 Å². The van der Waals surface area contributed by atoms with Crippen LogP contribution in [0.4, 0.5) is 14.5 Å². The quantitative estimate of drug-likeness (QED) is 0.392. The van der Waals surface area contributed by atoms with E-state index in [4.69, 9.17) is 16.3 Å². The summed E-state index contributed by atoms with van der Waals surface area (Å²) < 4.78 is 62.1. The van der Waals surface area contributed by atoms with Gasteiger partial charge >= 0.3 is 5.97 Å². The zero-order chi connectivity index (χ0) is 24.3. The molecule has 1 N–H and O–H groups in total. The number of nitrogens with one attached hydrogen (secondary N) is 1. The number of anilines is 1. The summed E-state index contributed by atoms with van der Waals surface area (Å²) in [6.07, 6.45) is 0.449. The van der Waals surface area contributed by atoms with Gasteiger partial charge in [-0.3, -0.25) is 4.31 Å². The van der Waals surface area contributed by atoms with Crippen molar-refractivity contribution in [2.75, 3.05) is 10.8 Å². The lowest BCUT2D eigenvalue weighted by Gasteiger charge is -2.37. The van der Waals surface area contributed by atoms with E-state index in [0.29, 0.717) is 10.8 Å². The fourth-order valence-corrected chi connectivity index (χ4v) is 5.62. The first kappa shape index (κ1) is 24.1. The van der Waals surface area contributed by atoms with Gasteiger partial charge in [0.15, 0.2) is 0 Å². The van der Waals surface area contributed by atoms with Gasteiger partial charge in [-0.05, 0) is 61.4 Å². The first-order valence-electron chi connectivity index (χ1n) is 10.5. The predicted octanol–water partition coefficient (Wildman–Crippen LogP) is 4.54. The molecule has 178 valence electrons. The molecule has 0 aliphatic carbocycles. The van der Waals surface area contributed by atoms with Crippen LogP contribution in [0.3, 0.4) is 0 Å². The summed E-state index contributed by atoms with van der Waals surface area (Å²) in [6.45, 7) is 0.0251. The minimum absolute atomic E-state index is 0.0251. The Morgan fingerprint density at radius 1 is 1.00 bits per heavy atom. The second-order valence-corrected chi connectivity index (χ2v) is 10.0. The van der Waals surface area contributed by atoms with Gasteiger partial charge in [0.25, 0.3) is 10.0 Å². The molecule has 0 saturated carbocycles. The largest absolute Gasteiger partial charge is 0.425 e. The Labute approximate surface area is 201 Å².